The summed E-state index contributed by atoms with van der Waals surface area (Å²) in [6.07, 6.45) is 3.25. The van der Waals surface area contributed by atoms with Crippen LogP contribution in [0, 0.1) is 36.2 Å². The Morgan fingerprint density at radius 3 is 2.47 bits per heavy atom. The van der Waals surface area contributed by atoms with Crippen molar-refractivity contribution >= 4 is 33.3 Å². The lowest BCUT2D eigenvalue weighted by atomic mass is 9.94. The van der Waals surface area contributed by atoms with Crippen LogP contribution in [0.3, 0.4) is 0 Å². The molecule has 0 aliphatic heterocycles. The van der Waals surface area contributed by atoms with Crippen LogP contribution < -0.4 is 10.6 Å². The van der Waals surface area contributed by atoms with Crippen LogP contribution in [0.1, 0.15) is 44.4 Å². The highest BCUT2D eigenvalue weighted by Gasteiger charge is 2.28. The second kappa shape index (κ2) is 10.0. The van der Waals surface area contributed by atoms with E-state index in [0.717, 1.165) is 40.1 Å². The smallest absolute Gasteiger partial charge is 0.225 e. The standard InChI is InChI=1S/C27H28F3N5S/c1-14(2)16-8-9-18(10-16)33-25-24(26-34-22-6-4-5-7-23(22)36-26)15(3)32-27(35-25)31-13-19-20(29)11-17(28)12-21(19)30/h4-7,11-12,14,16,18H,8-10,13H2,1-3H3,(H2,31,32,33,35). The van der Waals surface area contributed by atoms with Crippen LogP contribution in [-0.2, 0) is 6.54 Å². The second-order valence-corrected chi connectivity index (χ2v) is 10.7. The summed E-state index contributed by atoms with van der Waals surface area (Å²) in [7, 11) is 0. The molecule has 0 saturated heterocycles. The van der Waals surface area contributed by atoms with Crippen LogP contribution in [-0.4, -0.2) is 21.0 Å². The van der Waals surface area contributed by atoms with Crippen molar-refractivity contribution in [3.05, 3.63) is 65.1 Å². The molecule has 0 bridgehead atoms. The topological polar surface area (TPSA) is 62.7 Å². The Balaban J connectivity index is 1.49. The van der Waals surface area contributed by atoms with Crippen molar-refractivity contribution in [2.45, 2.75) is 52.6 Å². The number of fused-ring (bicyclic) bond motifs is 1. The Morgan fingerprint density at radius 1 is 1.03 bits per heavy atom. The number of aryl methyl sites for hydroxylation is 1. The van der Waals surface area contributed by atoms with Gasteiger partial charge in [-0.05, 0) is 50.2 Å². The molecule has 2 atom stereocenters. The van der Waals surface area contributed by atoms with Gasteiger partial charge in [0, 0.05) is 30.3 Å². The Morgan fingerprint density at radius 2 is 1.78 bits per heavy atom. The summed E-state index contributed by atoms with van der Waals surface area (Å²) in [5, 5.41) is 7.36. The van der Waals surface area contributed by atoms with Crippen LogP contribution in [0.4, 0.5) is 24.9 Å². The van der Waals surface area contributed by atoms with Crippen LogP contribution in [0.2, 0.25) is 0 Å². The largest absolute Gasteiger partial charge is 0.367 e. The van der Waals surface area contributed by atoms with Crippen molar-refractivity contribution in [2.75, 3.05) is 10.6 Å². The van der Waals surface area contributed by atoms with Gasteiger partial charge in [0.15, 0.2) is 0 Å². The van der Waals surface area contributed by atoms with Crippen molar-refractivity contribution in [1.29, 1.82) is 0 Å². The highest BCUT2D eigenvalue weighted by atomic mass is 32.1. The van der Waals surface area contributed by atoms with E-state index in [1.807, 2.05) is 31.2 Å². The molecule has 9 heteroatoms. The molecule has 2 aromatic heterocycles. The number of rotatable bonds is 7. The first-order valence-corrected chi connectivity index (χ1v) is 13.0. The molecule has 2 heterocycles. The van der Waals surface area contributed by atoms with E-state index in [9.17, 15) is 13.2 Å². The van der Waals surface area contributed by atoms with E-state index >= 15 is 0 Å². The molecule has 36 heavy (non-hydrogen) atoms. The summed E-state index contributed by atoms with van der Waals surface area (Å²) in [6, 6.07) is 9.55. The minimum atomic E-state index is -0.955. The molecular formula is C27H28F3N5S. The zero-order chi connectivity index (χ0) is 25.4. The molecule has 1 aliphatic rings. The third-order valence-corrected chi connectivity index (χ3v) is 7.94. The Labute approximate surface area is 212 Å². The quantitative estimate of drug-likeness (QED) is 0.272. The first kappa shape index (κ1) is 24.5. The zero-order valence-electron chi connectivity index (χ0n) is 20.4. The molecule has 2 unspecified atom stereocenters. The van der Waals surface area contributed by atoms with Crippen LogP contribution in [0.5, 0.6) is 0 Å². The summed E-state index contributed by atoms with van der Waals surface area (Å²) >= 11 is 1.58. The van der Waals surface area contributed by atoms with E-state index in [1.165, 1.54) is 0 Å². The fraction of sp³-hybridized carbons (Fsp3) is 0.370. The van der Waals surface area contributed by atoms with Crippen molar-refractivity contribution in [3.63, 3.8) is 0 Å². The minimum Gasteiger partial charge on any atom is -0.367 e. The molecule has 2 N–H and O–H groups in total. The molecule has 0 radical (unpaired) electrons. The maximum Gasteiger partial charge on any atom is 0.225 e. The molecule has 2 aromatic carbocycles. The van der Waals surface area contributed by atoms with E-state index in [1.54, 1.807) is 11.3 Å². The summed E-state index contributed by atoms with van der Waals surface area (Å²) < 4.78 is 42.7. The number of nitrogens with zero attached hydrogens (tertiary/aromatic N) is 3. The maximum absolute atomic E-state index is 14.2. The SMILES string of the molecule is Cc1nc(NCc2c(F)cc(F)cc2F)nc(NC2CCC(C(C)C)C2)c1-c1nc2ccccc2s1. The van der Waals surface area contributed by atoms with Gasteiger partial charge in [-0.2, -0.15) is 4.98 Å². The first-order chi connectivity index (χ1) is 17.3. The van der Waals surface area contributed by atoms with E-state index in [4.69, 9.17) is 9.97 Å². The van der Waals surface area contributed by atoms with E-state index < -0.39 is 17.5 Å². The number of thiazole rings is 1. The maximum atomic E-state index is 14.2. The van der Waals surface area contributed by atoms with Crippen molar-refractivity contribution < 1.29 is 13.2 Å². The second-order valence-electron chi connectivity index (χ2n) is 9.70. The van der Waals surface area contributed by atoms with Gasteiger partial charge in [0.05, 0.1) is 21.5 Å². The molecule has 1 aliphatic carbocycles. The minimum absolute atomic E-state index is 0.212. The van der Waals surface area contributed by atoms with Gasteiger partial charge in [0.25, 0.3) is 0 Å². The summed E-state index contributed by atoms with van der Waals surface area (Å²) in [4.78, 5) is 14.1. The normalized spacial score (nSPS) is 17.8. The third-order valence-electron chi connectivity index (χ3n) is 6.88. The lowest BCUT2D eigenvalue weighted by molar-refractivity contribution is 0.393. The van der Waals surface area contributed by atoms with Gasteiger partial charge in [-0.1, -0.05) is 26.0 Å². The third kappa shape index (κ3) is 5.02. The first-order valence-electron chi connectivity index (χ1n) is 12.2. The number of para-hydroxylation sites is 1. The average molecular weight is 512 g/mol. The highest BCUT2D eigenvalue weighted by molar-refractivity contribution is 7.21. The van der Waals surface area contributed by atoms with Crippen LogP contribution in [0.15, 0.2) is 36.4 Å². The Kier molecular flexibility index (Phi) is 6.83. The molecule has 4 aromatic rings. The van der Waals surface area contributed by atoms with Crippen molar-refractivity contribution in [3.8, 4) is 10.6 Å². The average Bonchev–Trinajstić information content (AvgIpc) is 3.45. The number of hydrogen-bond acceptors (Lipinski definition) is 6. The Bertz CT molecular complexity index is 1350. The highest BCUT2D eigenvalue weighted by Crippen LogP contribution is 2.39. The molecule has 5 nitrogen and oxygen atoms in total. The predicted molar refractivity (Wildman–Crippen MR) is 139 cm³/mol. The molecule has 1 fully saturated rings. The molecule has 1 saturated carbocycles. The molecule has 0 spiro atoms. The summed E-state index contributed by atoms with van der Waals surface area (Å²) in [5.74, 6) is -0.703. The number of hydrogen-bond donors (Lipinski definition) is 2. The van der Waals surface area contributed by atoms with E-state index in [-0.39, 0.29) is 24.1 Å². The lowest BCUT2D eigenvalue weighted by Crippen LogP contribution is -2.19. The number of nitrogens with one attached hydrogen (secondary N) is 2. The summed E-state index contributed by atoms with van der Waals surface area (Å²) in [6.45, 7) is 6.18. The number of anilines is 2. The van der Waals surface area contributed by atoms with Crippen LogP contribution in [0.25, 0.3) is 20.8 Å². The predicted octanol–water partition coefficient (Wildman–Crippen LogP) is 7.33. The molecule has 5 rings (SSSR count). The van der Waals surface area contributed by atoms with Gasteiger partial charge in [-0.25, -0.2) is 23.1 Å². The van der Waals surface area contributed by atoms with E-state index in [0.29, 0.717) is 35.5 Å². The summed E-state index contributed by atoms with van der Waals surface area (Å²) in [5.41, 5.74) is 2.17. The Hall–Kier alpha value is -3.20. The van der Waals surface area contributed by atoms with Gasteiger partial charge in [-0.3, -0.25) is 0 Å². The zero-order valence-corrected chi connectivity index (χ0v) is 21.2. The van der Waals surface area contributed by atoms with Crippen LogP contribution >= 0.6 is 11.3 Å². The van der Waals surface area contributed by atoms with Crippen molar-refractivity contribution in [2.24, 2.45) is 11.8 Å². The molecule has 188 valence electrons. The van der Waals surface area contributed by atoms with E-state index in [2.05, 4.69) is 29.5 Å². The lowest BCUT2D eigenvalue weighted by Gasteiger charge is -2.19. The number of aromatic nitrogens is 3. The van der Waals surface area contributed by atoms with Crippen molar-refractivity contribution in [1.82, 2.24) is 15.0 Å². The van der Waals surface area contributed by atoms with Gasteiger partial charge in [0.1, 0.15) is 28.3 Å². The fourth-order valence-electron chi connectivity index (χ4n) is 4.85. The van der Waals surface area contributed by atoms with Gasteiger partial charge < -0.3 is 10.6 Å². The van der Waals surface area contributed by atoms with Gasteiger partial charge in [0.2, 0.25) is 5.95 Å². The molecular weight excluding hydrogens is 483 g/mol. The monoisotopic (exact) mass is 511 g/mol. The molecule has 0 amide bonds. The van der Waals surface area contributed by atoms with Gasteiger partial charge >= 0.3 is 0 Å². The number of halogens is 3. The fourth-order valence-corrected chi connectivity index (χ4v) is 5.91. The number of benzene rings is 2. The van der Waals surface area contributed by atoms with Gasteiger partial charge in [-0.15, -0.1) is 11.3 Å².